The fourth-order valence-corrected chi connectivity index (χ4v) is 2.05. The first kappa shape index (κ1) is 12.4. The number of rotatable bonds is 4. The molecule has 0 amide bonds. The Hall–Kier alpha value is -1.05. The van der Waals surface area contributed by atoms with Gasteiger partial charge in [0.05, 0.1) is 0 Å². The predicted octanol–water partition coefficient (Wildman–Crippen LogP) is 3.98. The first-order valence-electron chi connectivity index (χ1n) is 6.66. The maximum atomic E-state index is 4.50. The third kappa shape index (κ3) is 2.99. The van der Waals surface area contributed by atoms with Gasteiger partial charge in [0.15, 0.2) is 0 Å². The minimum atomic E-state index is 0.187. The van der Waals surface area contributed by atoms with Crippen LogP contribution in [0, 0.1) is 5.41 Å². The first-order valence-corrected chi connectivity index (χ1v) is 6.66. The monoisotopic (exact) mass is 232 g/mol. The summed E-state index contributed by atoms with van der Waals surface area (Å²) in [7, 11) is 0. The minimum absolute atomic E-state index is 0.187. The molecule has 1 N–H and O–H groups in total. The van der Waals surface area contributed by atoms with E-state index in [9.17, 15) is 0 Å². The van der Waals surface area contributed by atoms with Gasteiger partial charge in [-0.25, -0.2) is 4.98 Å². The highest BCUT2D eigenvalue weighted by molar-refractivity contribution is 5.37. The number of pyridine rings is 1. The summed E-state index contributed by atoms with van der Waals surface area (Å²) in [5, 5.41) is 3.47. The molecule has 0 bridgehead atoms. The summed E-state index contributed by atoms with van der Waals surface area (Å²) in [5.41, 5.74) is 2.05. The summed E-state index contributed by atoms with van der Waals surface area (Å²) < 4.78 is 0. The highest BCUT2D eigenvalue weighted by Crippen LogP contribution is 2.48. The second-order valence-corrected chi connectivity index (χ2v) is 6.39. The molecule has 2 heteroatoms. The maximum Gasteiger partial charge on any atom is 0.125 e. The van der Waals surface area contributed by atoms with Crippen LogP contribution in [0.3, 0.4) is 0 Å². The molecule has 1 heterocycles. The Morgan fingerprint density at radius 2 is 2.00 bits per heavy atom. The fraction of sp³-hybridized carbons (Fsp3) is 0.667. The Balaban J connectivity index is 1.94. The molecule has 94 valence electrons. The predicted molar refractivity (Wildman–Crippen MR) is 73.4 cm³/mol. The van der Waals surface area contributed by atoms with Crippen LogP contribution in [0.25, 0.3) is 0 Å². The summed E-state index contributed by atoms with van der Waals surface area (Å²) in [4.78, 5) is 4.50. The van der Waals surface area contributed by atoms with Crippen LogP contribution < -0.4 is 5.32 Å². The molecular weight excluding hydrogens is 208 g/mol. The van der Waals surface area contributed by atoms with Crippen molar-refractivity contribution >= 4 is 5.82 Å². The molecule has 17 heavy (non-hydrogen) atoms. The lowest BCUT2D eigenvalue weighted by molar-refractivity contribution is 0.520. The lowest BCUT2D eigenvalue weighted by Crippen LogP contribution is -2.16. The quantitative estimate of drug-likeness (QED) is 0.849. The molecule has 0 radical (unpaired) electrons. The number of nitrogens with zero attached hydrogens (tertiary/aromatic N) is 1. The molecule has 2 rings (SSSR count). The summed E-state index contributed by atoms with van der Waals surface area (Å²) in [5.74, 6) is 1.01. The average Bonchev–Trinajstić information content (AvgIpc) is 3.06. The van der Waals surface area contributed by atoms with Gasteiger partial charge in [-0.1, -0.05) is 33.8 Å². The zero-order valence-electron chi connectivity index (χ0n) is 11.5. The highest BCUT2D eigenvalue weighted by Gasteiger charge is 2.40. The van der Waals surface area contributed by atoms with E-state index < -0.39 is 0 Å². The van der Waals surface area contributed by atoms with Crippen molar-refractivity contribution in [2.24, 2.45) is 5.41 Å². The molecule has 1 saturated carbocycles. The van der Waals surface area contributed by atoms with Crippen molar-refractivity contribution in [3.05, 3.63) is 23.9 Å². The number of anilines is 1. The number of hydrogen-bond acceptors (Lipinski definition) is 2. The van der Waals surface area contributed by atoms with E-state index in [2.05, 4.69) is 50.1 Å². The largest absolute Gasteiger partial charge is 0.370 e. The SMILES string of the molecule is CCC1(CNc2ccc(C(C)(C)C)cn2)CC1. The van der Waals surface area contributed by atoms with E-state index in [0.717, 1.165) is 12.4 Å². The molecule has 2 nitrogen and oxygen atoms in total. The Bertz CT molecular complexity index is 369. The van der Waals surface area contributed by atoms with Crippen LogP contribution in [-0.4, -0.2) is 11.5 Å². The van der Waals surface area contributed by atoms with Crippen LogP contribution >= 0.6 is 0 Å². The Morgan fingerprint density at radius 3 is 2.41 bits per heavy atom. The zero-order chi connectivity index (χ0) is 12.5. The van der Waals surface area contributed by atoms with E-state index in [1.54, 1.807) is 0 Å². The number of nitrogens with one attached hydrogen (secondary N) is 1. The number of hydrogen-bond donors (Lipinski definition) is 1. The van der Waals surface area contributed by atoms with Crippen molar-refractivity contribution in [3.8, 4) is 0 Å². The zero-order valence-corrected chi connectivity index (χ0v) is 11.5. The highest BCUT2D eigenvalue weighted by atomic mass is 15.0. The van der Waals surface area contributed by atoms with Crippen molar-refractivity contribution in [2.45, 2.75) is 52.4 Å². The fourth-order valence-electron chi connectivity index (χ4n) is 2.05. The summed E-state index contributed by atoms with van der Waals surface area (Å²) >= 11 is 0. The van der Waals surface area contributed by atoms with Crippen LogP contribution in [-0.2, 0) is 5.41 Å². The Morgan fingerprint density at radius 1 is 1.29 bits per heavy atom. The molecule has 0 atom stereocenters. The van der Waals surface area contributed by atoms with Crippen LogP contribution in [0.5, 0.6) is 0 Å². The van der Waals surface area contributed by atoms with Gasteiger partial charge in [-0.05, 0) is 41.7 Å². The van der Waals surface area contributed by atoms with Crippen molar-refractivity contribution in [1.29, 1.82) is 0 Å². The van der Waals surface area contributed by atoms with E-state index >= 15 is 0 Å². The maximum absolute atomic E-state index is 4.50. The molecule has 0 unspecified atom stereocenters. The molecule has 1 aromatic heterocycles. The van der Waals surface area contributed by atoms with E-state index in [4.69, 9.17) is 0 Å². The molecule has 1 fully saturated rings. The lowest BCUT2D eigenvalue weighted by atomic mass is 9.88. The van der Waals surface area contributed by atoms with Crippen LogP contribution in [0.1, 0.15) is 52.5 Å². The minimum Gasteiger partial charge on any atom is -0.370 e. The summed E-state index contributed by atoms with van der Waals surface area (Å²) in [6.45, 7) is 10.0. The topological polar surface area (TPSA) is 24.9 Å². The molecule has 1 aliphatic carbocycles. The van der Waals surface area contributed by atoms with Crippen molar-refractivity contribution in [3.63, 3.8) is 0 Å². The smallest absolute Gasteiger partial charge is 0.125 e. The number of aromatic nitrogens is 1. The van der Waals surface area contributed by atoms with E-state index in [0.29, 0.717) is 5.41 Å². The second kappa shape index (κ2) is 4.32. The Kier molecular flexibility index (Phi) is 3.15. The van der Waals surface area contributed by atoms with Gasteiger partial charge >= 0.3 is 0 Å². The van der Waals surface area contributed by atoms with Gasteiger partial charge in [-0.3, -0.25) is 0 Å². The molecule has 1 aromatic rings. The van der Waals surface area contributed by atoms with Crippen molar-refractivity contribution in [1.82, 2.24) is 4.98 Å². The summed E-state index contributed by atoms with van der Waals surface area (Å²) in [6.07, 6.45) is 6.01. The van der Waals surface area contributed by atoms with Gasteiger partial charge in [0.1, 0.15) is 5.82 Å². The average molecular weight is 232 g/mol. The van der Waals surface area contributed by atoms with Gasteiger partial charge < -0.3 is 5.32 Å². The van der Waals surface area contributed by atoms with Gasteiger partial charge in [0, 0.05) is 12.7 Å². The van der Waals surface area contributed by atoms with Gasteiger partial charge in [-0.2, -0.15) is 0 Å². The lowest BCUT2D eigenvalue weighted by Gasteiger charge is -2.19. The molecule has 1 aliphatic rings. The van der Waals surface area contributed by atoms with E-state index in [1.807, 2.05) is 6.20 Å². The van der Waals surface area contributed by atoms with Crippen LogP contribution in [0.2, 0.25) is 0 Å². The third-order valence-electron chi connectivity index (χ3n) is 3.98. The summed E-state index contributed by atoms with van der Waals surface area (Å²) in [6, 6.07) is 4.28. The van der Waals surface area contributed by atoms with Crippen LogP contribution in [0.4, 0.5) is 5.82 Å². The molecule has 0 aromatic carbocycles. The molecule has 0 spiro atoms. The van der Waals surface area contributed by atoms with Gasteiger partial charge in [-0.15, -0.1) is 0 Å². The normalized spacial score (nSPS) is 17.9. The Labute approximate surface area is 105 Å². The standard InChI is InChI=1S/C15H24N2/c1-5-15(8-9-15)11-17-13-7-6-12(10-16-13)14(2,3)4/h6-7,10H,5,8-9,11H2,1-4H3,(H,16,17). The van der Waals surface area contributed by atoms with Crippen LogP contribution in [0.15, 0.2) is 18.3 Å². The van der Waals surface area contributed by atoms with E-state index in [1.165, 1.54) is 24.8 Å². The molecule has 0 aliphatic heterocycles. The van der Waals surface area contributed by atoms with Gasteiger partial charge in [0.25, 0.3) is 0 Å². The van der Waals surface area contributed by atoms with Crippen molar-refractivity contribution < 1.29 is 0 Å². The third-order valence-corrected chi connectivity index (χ3v) is 3.98. The second-order valence-electron chi connectivity index (χ2n) is 6.39. The molecule has 0 saturated heterocycles. The van der Waals surface area contributed by atoms with Crippen molar-refractivity contribution in [2.75, 3.05) is 11.9 Å². The molecular formula is C15H24N2. The first-order chi connectivity index (χ1) is 7.95. The van der Waals surface area contributed by atoms with E-state index in [-0.39, 0.29) is 5.41 Å². The van der Waals surface area contributed by atoms with Gasteiger partial charge in [0.2, 0.25) is 0 Å².